The minimum atomic E-state index is -1.57. The topological polar surface area (TPSA) is 63.3 Å². The van der Waals surface area contributed by atoms with Crippen LogP contribution in [0.4, 0.5) is 0 Å². The van der Waals surface area contributed by atoms with Crippen LogP contribution in [-0.2, 0) is 10.4 Å². The Bertz CT molecular complexity index is 373. The second kappa shape index (κ2) is 7.71. The minimum Gasteiger partial charge on any atom is -0.375 e. The van der Waals surface area contributed by atoms with E-state index < -0.39 is 11.5 Å². The second-order valence-electron chi connectivity index (χ2n) is 3.84. The van der Waals surface area contributed by atoms with Gasteiger partial charge in [-0.1, -0.05) is 37.3 Å². The molecule has 0 saturated carbocycles. The van der Waals surface area contributed by atoms with Crippen LogP contribution in [0, 0.1) is 0 Å². The van der Waals surface area contributed by atoms with E-state index in [2.05, 4.69) is 6.92 Å². The summed E-state index contributed by atoms with van der Waals surface area (Å²) < 4.78 is 0. The predicted molar refractivity (Wildman–Crippen MR) is 79.9 cm³/mol. The Morgan fingerprint density at radius 1 is 1.28 bits per heavy atom. The molecule has 0 fully saturated rings. The molecule has 0 aliphatic rings. The molecule has 0 unspecified atom stereocenters. The highest BCUT2D eigenvalue weighted by Crippen LogP contribution is 2.25. The second-order valence-corrected chi connectivity index (χ2v) is 6.34. The molecular weight excluding hydrogens is 266 g/mol. The number of aliphatic hydroxyl groups is 1. The molecule has 100 valence electrons. The van der Waals surface area contributed by atoms with Crippen molar-refractivity contribution >= 4 is 29.4 Å². The van der Waals surface area contributed by atoms with E-state index in [4.69, 9.17) is 5.73 Å². The van der Waals surface area contributed by atoms with Crippen LogP contribution in [-0.4, -0.2) is 34.0 Å². The first kappa shape index (κ1) is 15.4. The number of hydrogen-bond acceptors (Lipinski definition) is 4. The van der Waals surface area contributed by atoms with E-state index in [1.54, 1.807) is 36.0 Å². The molecule has 1 rings (SSSR count). The van der Waals surface area contributed by atoms with Gasteiger partial charge < -0.3 is 10.8 Å². The van der Waals surface area contributed by atoms with Gasteiger partial charge in [0, 0.05) is 17.3 Å². The molecule has 0 aliphatic carbocycles. The molecule has 0 saturated heterocycles. The van der Waals surface area contributed by atoms with Gasteiger partial charge >= 0.3 is 0 Å². The van der Waals surface area contributed by atoms with Gasteiger partial charge in [-0.15, -0.1) is 0 Å². The lowest BCUT2D eigenvalue weighted by Crippen LogP contribution is -2.43. The first-order valence-electron chi connectivity index (χ1n) is 5.84. The van der Waals surface area contributed by atoms with Crippen molar-refractivity contribution in [2.24, 2.45) is 5.73 Å². The first-order chi connectivity index (χ1) is 8.61. The third-order valence-electron chi connectivity index (χ3n) is 2.55. The maximum Gasteiger partial charge on any atom is 0.254 e. The number of amides is 1. The van der Waals surface area contributed by atoms with Gasteiger partial charge in [0.2, 0.25) is 0 Å². The first-order valence-corrected chi connectivity index (χ1v) is 8.15. The summed E-state index contributed by atoms with van der Waals surface area (Å²) in [6, 6.07) is 8.88. The van der Waals surface area contributed by atoms with Gasteiger partial charge in [0.1, 0.15) is 0 Å². The van der Waals surface area contributed by atoms with Gasteiger partial charge in [0.15, 0.2) is 5.60 Å². The Morgan fingerprint density at radius 3 is 2.44 bits per heavy atom. The van der Waals surface area contributed by atoms with E-state index in [0.717, 1.165) is 17.3 Å². The molecule has 3 N–H and O–H groups in total. The Balaban J connectivity index is 2.62. The summed E-state index contributed by atoms with van der Waals surface area (Å²) in [6.07, 6.45) is 0. The van der Waals surface area contributed by atoms with Crippen molar-refractivity contribution in [3.63, 3.8) is 0 Å². The number of carbonyl (C=O) groups is 1. The van der Waals surface area contributed by atoms with E-state index >= 15 is 0 Å². The number of hydrogen-bond donors (Lipinski definition) is 2. The van der Waals surface area contributed by atoms with Crippen molar-refractivity contribution in [2.45, 2.75) is 12.5 Å². The van der Waals surface area contributed by atoms with E-state index in [0.29, 0.717) is 11.3 Å². The molecule has 0 bridgehead atoms. The van der Waals surface area contributed by atoms with Crippen LogP contribution < -0.4 is 5.73 Å². The zero-order valence-electron chi connectivity index (χ0n) is 10.5. The number of nitrogens with two attached hydrogens (primary N) is 1. The van der Waals surface area contributed by atoms with E-state index in [1.807, 2.05) is 17.8 Å². The fourth-order valence-corrected chi connectivity index (χ4v) is 3.47. The fraction of sp³-hybridized carbons (Fsp3) is 0.462. The van der Waals surface area contributed by atoms with Crippen LogP contribution in [0.2, 0.25) is 0 Å². The molecular formula is C13H19NO2S2. The van der Waals surface area contributed by atoms with Crippen molar-refractivity contribution in [3.05, 3.63) is 35.9 Å². The summed E-state index contributed by atoms with van der Waals surface area (Å²) in [6.45, 7) is 2.11. The lowest BCUT2D eigenvalue weighted by Gasteiger charge is -2.24. The molecule has 1 aromatic rings. The van der Waals surface area contributed by atoms with Gasteiger partial charge in [0.25, 0.3) is 5.91 Å². The Labute approximate surface area is 117 Å². The SMILES string of the molecule is CCSCCSC[C@](O)(C(N)=O)c1ccccc1. The standard InChI is InChI=1S/C13H19NO2S2/c1-2-17-8-9-18-10-13(16,12(14)15)11-6-4-3-5-7-11/h3-7,16H,2,8-10H2,1H3,(H2,14,15)/t13-/m1/s1. The molecule has 0 spiro atoms. The Morgan fingerprint density at radius 2 is 1.89 bits per heavy atom. The maximum absolute atomic E-state index is 11.5. The van der Waals surface area contributed by atoms with Crippen molar-refractivity contribution in [1.29, 1.82) is 0 Å². The molecule has 0 radical (unpaired) electrons. The van der Waals surface area contributed by atoms with Crippen LogP contribution >= 0.6 is 23.5 Å². The molecule has 1 amide bonds. The maximum atomic E-state index is 11.5. The van der Waals surface area contributed by atoms with Gasteiger partial charge in [-0.05, 0) is 11.3 Å². The van der Waals surface area contributed by atoms with Gasteiger partial charge in [-0.2, -0.15) is 23.5 Å². The minimum absolute atomic E-state index is 0.302. The fourth-order valence-electron chi connectivity index (χ4n) is 1.49. The van der Waals surface area contributed by atoms with E-state index in [-0.39, 0.29) is 0 Å². The lowest BCUT2D eigenvalue weighted by molar-refractivity contribution is -0.134. The number of primary amides is 1. The van der Waals surface area contributed by atoms with Crippen molar-refractivity contribution in [1.82, 2.24) is 0 Å². The number of rotatable bonds is 8. The molecule has 1 atom stereocenters. The molecule has 5 heteroatoms. The van der Waals surface area contributed by atoms with Gasteiger partial charge in [-0.3, -0.25) is 4.79 Å². The molecule has 0 heterocycles. The van der Waals surface area contributed by atoms with Crippen LogP contribution in [0.1, 0.15) is 12.5 Å². The molecule has 0 aliphatic heterocycles. The molecule has 1 aromatic carbocycles. The normalized spacial score (nSPS) is 14.1. The summed E-state index contributed by atoms with van der Waals surface area (Å²) in [7, 11) is 0. The smallest absolute Gasteiger partial charge is 0.254 e. The number of benzene rings is 1. The summed E-state index contributed by atoms with van der Waals surface area (Å²) in [5.41, 5.74) is 4.33. The van der Waals surface area contributed by atoms with Crippen LogP contribution in [0.25, 0.3) is 0 Å². The summed E-state index contributed by atoms with van der Waals surface area (Å²) in [4.78, 5) is 11.5. The highest BCUT2D eigenvalue weighted by atomic mass is 32.2. The third-order valence-corrected chi connectivity index (χ3v) is 4.82. The van der Waals surface area contributed by atoms with Crippen LogP contribution in [0.15, 0.2) is 30.3 Å². The van der Waals surface area contributed by atoms with Gasteiger partial charge in [0.05, 0.1) is 0 Å². The van der Waals surface area contributed by atoms with Crippen LogP contribution in [0.3, 0.4) is 0 Å². The van der Waals surface area contributed by atoms with Crippen LogP contribution in [0.5, 0.6) is 0 Å². The lowest BCUT2D eigenvalue weighted by atomic mass is 9.95. The Hall–Kier alpha value is -0.650. The Kier molecular flexibility index (Phi) is 6.60. The molecule has 0 aromatic heterocycles. The average Bonchev–Trinajstić information content (AvgIpc) is 2.39. The number of carbonyl (C=O) groups excluding carboxylic acids is 1. The summed E-state index contributed by atoms with van der Waals surface area (Å²) >= 11 is 3.40. The third kappa shape index (κ3) is 4.23. The summed E-state index contributed by atoms with van der Waals surface area (Å²) in [5, 5.41) is 10.4. The van der Waals surface area contributed by atoms with E-state index in [9.17, 15) is 9.90 Å². The van der Waals surface area contributed by atoms with Gasteiger partial charge in [-0.25, -0.2) is 0 Å². The zero-order chi connectivity index (χ0) is 13.4. The molecule has 18 heavy (non-hydrogen) atoms. The van der Waals surface area contributed by atoms with E-state index in [1.165, 1.54) is 0 Å². The largest absolute Gasteiger partial charge is 0.375 e. The van der Waals surface area contributed by atoms with Crippen molar-refractivity contribution < 1.29 is 9.90 Å². The predicted octanol–water partition coefficient (Wildman–Crippen LogP) is 1.85. The zero-order valence-corrected chi connectivity index (χ0v) is 12.1. The highest BCUT2D eigenvalue weighted by molar-refractivity contribution is 8.02. The number of thioether (sulfide) groups is 2. The monoisotopic (exact) mass is 285 g/mol. The van der Waals surface area contributed by atoms with Crippen molar-refractivity contribution in [3.8, 4) is 0 Å². The highest BCUT2D eigenvalue weighted by Gasteiger charge is 2.35. The average molecular weight is 285 g/mol. The quantitative estimate of drug-likeness (QED) is 0.716. The molecule has 3 nitrogen and oxygen atoms in total. The van der Waals surface area contributed by atoms with Crippen molar-refractivity contribution in [2.75, 3.05) is 23.0 Å². The summed E-state index contributed by atoms with van der Waals surface area (Å²) in [5.74, 6) is 2.62.